The van der Waals surface area contributed by atoms with Gasteiger partial charge < -0.3 is 20.8 Å². The van der Waals surface area contributed by atoms with Crippen LogP contribution in [0, 0.1) is 13.8 Å². The summed E-state index contributed by atoms with van der Waals surface area (Å²) in [5.41, 5.74) is 12.3. The number of pyridine rings is 1. The van der Waals surface area contributed by atoms with Crippen molar-refractivity contribution >= 4 is 27.3 Å². The summed E-state index contributed by atoms with van der Waals surface area (Å²) in [6.07, 6.45) is 1.71. The van der Waals surface area contributed by atoms with Gasteiger partial charge in [-0.25, -0.2) is 19.2 Å². The van der Waals surface area contributed by atoms with Gasteiger partial charge >= 0.3 is 0 Å². The molecule has 12 heteroatoms. The molecule has 218 valence electrons. The number of fused-ring (bicyclic) bond motifs is 1. The van der Waals surface area contributed by atoms with Gasteiger partial charge in [-0.3, -0.25) is 10.1 Å². The van der Waals surface area contributed by atoms with Crippen molar-refractivity contribution in [1.29, 1.82) is 0 Å². The Hall–Kier alpha value is -3.71. The third-order valence-electron chi connectivity index (χ3n) is 7.75. The van der Waals surface area contributed by atoms with Crippen LogP contribution in [0.15, 0.2) is 53.6 Å². The maximum Gasteiger partial charge on any atom is 0.248 e. The van der Waals surface area contributed by atoms with Gasteiger partial charge in [0.25, 0.3) is 0 Å². The Morgan fingerprint density at radius 3 is 2.78 bits per heavy atom. The van der Waals surface area contributed by atoms with E-state index in [1.807, 2.05) is 51.1 Å². The first-order chi connectivity index (χ1) is 19.6. The maximum absolute atomic E-state index is 13.5. The lowest BCUT2D eigenvalue weighted by Gasteiger charge is -2.26. The molecule has 0 spiro atoms. The molecule has 0 bridgehead atoms. The van der Waals surface area contributed by atoms with Gasteiger partial charge in [0.2, 0.25) is 21.8 Å². The molecule has 0 aliphatic carbocycles. The third kappa shape index (κ3) is 6.01. The number of carbonyl (C=O) groups is 1. The summed E-state index contributed by atoms with van der Waals surface area (Å²) < 4.78 is 34.2. The van der Waals surface area contributed by atoms with Gasteiger partial charge in [-0.2, -0.15) is 4.31 Å². The average Bonchev–Trinajstić information content (AvgIpc) is 3.78. The van der Waals surface area contributed by atoms with Crippen LogP contribution in [0.2, 0.25) is 0 Å². The summed E-state index contributed by atoms with van der Waals surface area (Å²) >= 11 is 0. The Labute approximate surface area is 240 Å². The topological polar surface area (TPSA) is 166 Å². The van der Waals surface area contributed by atoms with Crippen LogP contribution in [-0.2, 0) is 21.4 Å². The molecule has 3 aromatic rings. The van der Waals surface area contributed by atoms with E-state index in [1.165, 1.54) is 16.6 Å². The summed E-state index contributed by atoms with van der Waals surface area (Å²) in [5.74, 6) is 5.87. The highest BCUT2D eigenvalue weighted by Gasteiger charge is 2.32. The monoisotopic (exact) mass is 579 g/mol. The van der Waals surface area contributed by atoms with Crippen molar-refractivity contribution < 1.29 is 17.9 Å². The van der Waals surface area contributed by atoms with E-state index in [0.29, 0.717) is 12.2 Å². The van der Waals surface area contributed by atoms with Crippen LogP contribution < -0.4 is 32.0 Å². The molecule has 1 fully saturated rings. The first kappa shape index (κ1) is 28.8. The van der Waals surface area contributed by atoms with Gasteiger partial charge in [-0.15, -0.1) is 0 Å². The number of sulfonamides is 1. The minimum Gasteiger partial charge on any atom is -0.475 e. The lowest BCUT2D eigenvalue weighted by Crippen LogP contribution is -2.32. The molecule has 1 aromatic heterocycles. The third-order valence-corrected chi connectivity index (χ3v) is 9.61. The SMILES string of the molecule is CCN(N)c1ccc(C(CC(=O)NC2CN2)c2ccc(C)c(CN3CCOc4ncccc4S3(=O)=O)c2)c(C)c1N. The molecule has 1 saturated heterocycles. The number of nitrogens with one attached hydrogen (secondary N) is 2. The fourth-order valence-corrected chi connectivity index (χ4v) is 6.64. The molecule has 11 nitrogen and oxygen atoms in total. The quantitative estimate of drug-likeness (QED) is 0.129. The number of nitrogens with two attached hydrogens (primary N) is 2. The highest BCUT2D eigenvalue weighted by atomic mass is 32.2. The van der Waals surface area contributed by atoms with Crippen molar-refractivity contribution in [3.05, 3.63) is 76.5 Å². The van der Waals surface area contributed by atoms with Gasteiger partial charge in [-0.1, -0.05) is 24.3 Å². The largest absolute Gasteiger partial charge is 0.475 e. The second-order valence-electron chi connectivity index (χ2n) is 10.5. The number of hydrogen-bond donors (Lipinski definition) is 4. The van der Waals surface area contributed by atoms with E-state index in [4.69, 9.17) is 16.3 Å². The Morgan fingerprint density at radius 1 is 1.27 bits per heavy atom. The van der Waals surface area contributed by atoms with Crippen LogP contribution in [0.1, 0.15) is 47.1 Å². The minimum atomic E-state index is -3.83. The lowest BCUT2D eigenvalue weighted by atomic mass is 9.83. The van der Waals surface area contributed by atoms with E-state index in [9.17, 15) is 13.2 Å². The van der Waals surface area contributed by atoms with Crippen LogP contribution in [0.3, 0.4) is 0 Å². The minimum absolute atomic E-state index is 0.00606. The number of anilines is 2. The summed E-state index contributed by atoms with van der Waals surface area (Å²) in [6.45, 7) is 7.72. The molecule has 6 N–H and O–H groups in total. The smallest absolute Gasteiger partial charge is 0.248 e. The first-order valence-electron chi connectivity index (χ1n) is 13.7. The molecule has 2 aliphatic heterocycles. The van der Waals surface area contributed by atoms with Crippen molar-refractivity contribution in [3.63, 3.8) is 0 Å². The number of nitrogens with zero attached hydrogens (tertiary/aromatic N) is 3. The number of aromatic nitrogens is 1. The second-order valence-corrected chi connectivity index (χ2v) is 12.4. The molecule has 2 aromatic carbocycles. The van der Waals surface area contributed by atoms with E-state index in [0.717, 1.165) is 40.0 Å². The van der Waals surface area contributed by atoms with Gasteiger partial charge in [0.05, 0.1) is 17.5 Å². The Bertz CT molecular complexity index is 1560. The molecule has 1 amide bonds. The van der Waals surface area contributed by atoms with Gasteiger partial charge in [0, 0.05) is 44.7 Å². The number of hydrogen-bond acceptors (Lipinski definition) is 9. The van der Waals surface area contributed by atoms with Crippen molar-refractivity contribution in [1.82, 2.24) is 19.9 Å². The predicted molar refractivity (Wildman–Crippen MR) is 158 cm³/mol. The molecule has 2 atom stereocenters. The summed E-state index contributed by atoms with van der Waals surface area (Å²) in [6, 6.07) is 12.9. The first-order valence-corrected chi connectivity index (χ1v) is 15.2. The predicted octanol–water partition coefficient (Wildman–Crippen LogP) is 2.13. The van der Waals surface area contributed by atoms with E-state index in [2.05, 4.69) is 15.6 Å². The van der Waals surface area contributed by atoms with E-state index >= 15 is 0 Å². The average molecular weight is 580 g/mol. The Morgan fingerprint density at radius 2 is 2.05 bits per heavy atom. The second kappa shape index (κ2) is 11.6. The molecule has 0 saturated carbocycles. The number of hydrazine groups is 1. The van der Waals surface area contributed by atoms with Crippen LogP contribution in [0.5, 0.6) is 5.88 Å². The molecular weight excluding hydrogens is 542 g/mol. The van der Waals surface area contributed by atoms with Crippen molar-refractivity contribution in [3.8, 4) is 5.88 Å². The fourth-order valence-electron chi connectivity index (χ4n) is 5.15. The molecule has 2 aliphatic rings. The molecule has 41 heavy (non-hydrogen) atoms. The lowest BCUT2D eigenvalue weighted by molar-refractivity contribution is -0.121. The van der Waals surface area contributed by atoms with E-state index < -0.39 is 10.0 Å². The summed E-state index contributed by atoms with van der Waals surface area (Å²) in [7, 11) is -3.83. The van der Waals surface area contributed by atoms with E-state index in [-0.39, 0.29) is 54.9 Å². The van der Waals surface area contributed by atoms with Crippen LogP contribution in [-0.4, -0.2) is 56.0 Å². The zero-order valence-electron chi connectivity index (χ0n) is 23.6. The maximum atomic E-state index is 13.5. The van der Waals surface area contributed by atoms with Crippen LogP contribution in [0.25, 0.3) is 0 Å². The number of ether oxygens (including phenoxy) is 1. The zero-order chi connectivity index (χ0) is 29.3. The highest BCUT2D eigenvalue weighted by molar-refractivity contribution is 7.89. The highest BCUT2D eigenvalue weighted by Crippen LogP contribution is 2.37. The van der Waals surface area contributed by atoms with Crippen LogP contribution in [0.4, 0.5) is 11.4 Å². The molecule has 0 radical (unpaired) electrons. The molecule has 3 heterocycles. The zero-order valence-corrected chi connectivity index (χ0v) is 24.4. The van der Waals surface area contributed by atoms with Crippen molar-refractivity contribution in [2.75, 3.05) is 37.0 Å². The number of benzene rings is 2. The van der Waals surface area contributed by atoms with Crippen molar-refractivity contribution in [2.45, 2.75) is 50.7 Å². The van der Waals surface area contributed by atoms with E-state index in [1.54, 1.807) is 11.1 Å². The number of carbonyl (C=O) groups excluding carboxylic acids is 1. The number of amides is 1. The fraction of sp³-hybridized carbons (Fsp3) is 0.379. The number of aryl methyl sites for hydroxylation is 1. The molecule has 2 unspecified atom stereocenters. The Kier molecular flexibility index (Phi) is 8.18. The van der Waals surface area contributed by atoms with Crippen LogP contribution >= 0.6 is 0 Å². The molecule has 5 rings (SSSR count). The standard InChI is InChI=1S/C29H37N7O4S/c1-4-36(31)24-10-9-22(19(3)28(24)30)23(15-27(37)34-26-16-33-26)20-8-7-18(2)21(14-20)17-35-12-13-40-29-25(41(35,38)39)6-5-11-32-29/h5-11,14,23,26,33H,4,12-13,15-17,30-31H2,1-3H3,(H,34,37). The number of nitrogen functional groups attached to an aromatic ring is 1. The normalized spacial score (nSPS) is 18.5. The van der Waals surface area contributed by atoms with Gasteiger partial charge in [0.1, 0.15) is 11.5 Å². The summed E-state index contributed by atoms with van der Waals surface area (Å²) in [5, 5.41) is 7.69. The Balaban J connectivity index is 1.52. The van der Waals surface area contributed by atoms with Crippen molar-refractivity contribution in [2.24, 2.45) is 5.84 Å². The molecular formula is C29H37N7O4S. The van der Waals surface area contributed by atoms with Gasteiger partial charge in [0.15, 0.2) is 0 Å². The summed E-state index contributed by atoms with van der Waals surface area (Å²) in [4.78, 5) is 17.2. The number of rotatable bonds is 9. The van der Waals surface area contributed by atoms with Gasteiger partial charge in [-0.05, 0) is 66.8 Å².